The Balaban J connectivity index is 1.77. The number of hydrogen-bond donors (Lipinski definition) is 1. The molecule has 0 amide bonds. The van der Waals surface area contributed by atoms with E-state index in [4.69, 9.17) is 9.72 Å². The molecule has 4 heteroatoms. The molecule has 2 rings (SSSR count). The fourth-order valence-electron chi connectivity index (χ4n) is 1.98. The number of hydrogen-bond acceptors (Lipinski definition) is 4. The summed E-state index contributed by atoms with van der Waals surface area (Å²) in [5.74, 6) is 1.85. The summed E-state index contributed by atoms with van der Waals surface area (Å²) in [6, 6.07) is 6.20. The Bertz CT molecular complexity index is 438. The van der Waals surface area contributed by atoms with Crippen LogP contribution >= 0.6 is 0 Å². The van der Waals surface area contributed by atoms with Crippen molar-refractivity contribution in [3.63, 3.8) is 0 Å². The first-order valence-electron chi connectivity index (χ1n) is 7.94. The molecule has 0 atom stereocenters. The first kappa shape index (κ1) is 16.2. The largest absolute Gasteiger partial charge is 0.379 e. The van der Waals surface area contributed by atoms with Crippen LogP contribution in [0.3, 0.4) is 0 Å². The van der Waals surface area contributed by atoms with Crippen molar-refractivity contribution < 1.29 is 4.74 Å². The quantitative estimate of drug-likeness (QED) is 0.747. The van der Waals surface area contributed by atoms with Crippen LogP contribution in [0, 0.1) is 5.92 Å². The van der Waals surface area contributed by atoms with Crippen LogP contribution in [-0.2, 0) is 11.3 Å². The van der Waals surface area contributed by atoms with Gasteiger partial charge in [-0.2, -0.15) is 0 Å². The third kappa shape index (κ3) is 6.44. The monoisotopic (exact) mass is 291 g/mol. The van der Waals surface area contributed by atoms with Gasteiger partial charge in [-0.3, -0.25) is 0 Å². The molecule has 4 nitrogen and oxygen atoms in total. The molecule has 1 aliphatic carbocycles. The van der Waals surface area contributed by atoms with Gasteiger partial charge in [-0.15, -0.1) is 0 Å². The van der Waals surface area contributed by atoms with Gasteiger partial charge in [0.1, 0.15) is 5.82 Å². The molecule has 0 radical (unpaired) electrons. The van der Waals surface area contributed by atoms with E-state index in [1.807, 2.05) is 0 Å². The second kappa shape index (κ2) is 7.23. The maximum atomic E-state index is 5.69. The Morgan fingerprint density at radius 2 is 2.10 bits per heavy atom. The predicted octanol–water partition coefficient (Wildman–Crippen LogP) is 2.83. The van der Waals surface area contributed by atoms with Crippen LogP contribution in [-0.4, -0.2) is 37.3 Å². The van der Waals surface area contributed by atoms with Crippen LogP contribution < -0.4 is 10.2 Å². The summed E-state index contributed by atoms with van der Waals surface area (Å²) in [6.45, 7) is 9.88. The maximum Gasteiger partial charge on any atom is 0.128 e. The molecule has 1 aliphatic rings. The van der Waals surface area contributed by atoms with Crippen LogP contribution in [0.4, 0.5) is 5.82 Å². The Morgan fingerprint density at radius 3 is 2.76 bits per heavy atom. The van der Waals surface area contributed by atoms with E-state index in [1.165, 1.54) is 12.8 Å². The second-order valence-electron chi connectivity index (χ2n) is 7.03. The van der Waals surface area contributed by atoms with Crippen LogP contribution in [0.25, 0.3) is 0 Å². The van der Waals surface area contributed by atoms with Crippen molar-refractivity contribution in [1.82, 2.24) is 10.3 Å². The highest BCUT2D eigenvalue weighted by molar-refractivity contribution is 5.38. The third-order valence-electron chi connectivity index (χ3n) is 3.60. The van der Waals surface area contributed by atoms with Crippen molar-refractivity contribution >= 4 is 5.82 Å². The van der Waals surface area contributed by atoms with Crippen LogP contribution in [0.1, 0.15) is 39.3 Å². The lowest BCUT2D eigenvalue weighted by atomic mass is 10.1. The average molecular weight is 291 g/mol. The minimum atomic E-state index is 0.111. The van der Waals surface area contributed by atoms with Crippen molar-refractivity contribution in [3.05, 3.63) is 23.9 Å². The van der Waals surface area contributed by atoms with Crippen molar-refractivity contribution in [2.24, 2.45) is 5.92 Å². The molecule has 0 aliphatic heterocycles. The highest BCUT2D eigenvalue weighted by Crippen LogP contribution is 2.28. The number of pyridine rings is 1. The molecule has 1 aromatic heterocycles. The molecule has 118 valence electrons. The summed E-state index contributed by atoms with van der Waals surface area (Å²) in [4.78, 5) is 6.87. The highest BCUT2D eigenvalue weighted by Gasteiger charge is 2.21. The van der Waals surface area contributed by atoms with Gasteiger partial charge >= 0.3 is 0 Å². The molecule has 0 unspecified atom stereocenters. The summed E-state index contributed by atoms with van der Waals surface area (Å²) in [5.41, 5.74) is 1.19. The Hall–Kier alpha value is -1.13. The molecule has 1 N–H and O–H groups in total. The van der Waals surface area contributed by atoms with Crippen LogP contribution in [0.5, 0.6) is 0 Å². The highest BCUT2D eigenvalue weighted by atomic mass is 16.5. The van der Waals surface area contributed by atoms with Gasteiger partial charge in [0.05, 0.1) is 12.3 Å². The van der Waals surface area contributed by atoms with Crippen LogP contribution in [0.15, 0.2) is 18.2 Å². The molecule has 0 aromatic carbocycles. The van der Waals surface area contributed by atoms with E-state index in [0.29, 0.717) is 0 Å². The first-order valence-corrected chi connectivity index (χ1v) is 7.94. The maximum absolute atomic E-state index is 5.69. The summed E-state index contributed by atoms with van der Waals surface area (Å²) in [5, 5.41) is 3.47. The van der Waals surface area contributed by atoms with E-state index >= 15 is 0 Å². The molecular weight excluding hydrogens is 262 g/mol. The van der Waals surface area contributed by atoms with Gasteiger partial charge in [-0.25, -0.2) is 4.98 Å². The molecule has 1 fully saturated rings. The lowest BCUT2D eigenvalue weighted by molar-refractivity contribution is 0.131. The lowest BCUT2D eigenvalue weighted by Crippen LogP contribution is -2.35. The minimum Gasteiger partial charge on any atom is -0.379 e. The van der Waals surface area contributed by atoms with Gasteiger partial charge in [0.15, 0.2) is 0 Å². The first-order chi connectivity index (χ1) is 9.94. The summed E-state index contributed by atoms with van der Waals surface area (Å²) in [6.07, 6.45) is 2.69. The second-order valence-corrected chi connectivity index (χ2v) is 7.03. The van der Waals surface area contributed by atoms with Crippen molar-refractivity contribution in [1.29, 1.82) is 0 Å². The van der Waals surface area contributed by atoms with E-state index < -0.39 is 0 Å². The average Bonchev–Trinajstić information content (AvgIpc) is 3.25. The number of rotatable bonds is 8. The third-order valence-corrected chi connectivity index (χ3v) is 3.60. The van der Waals surface area contributed by atoms with Gasteiger partial charge in [-0.1, -0.05) is 6.07 Å². The minimum absolute atomic E-state index is 0.111. The Labute approximate surface area is 128 Å². The van der Waals surface area contributed by atoms with E-state index in [2.05, 4.69) is 56.2 Å². The zero-order valence-electron chi connectivity index (χ0n) is 13.9. The summed E-state index contributed by atoms with van der Waals surface area (Å²) < 4.78 is 5.69. The zero-order valence-corrected chi connectivity index (χ0v) is 13.9. The van der Waals surface area contributed by atoms with Crippen molar-refractivity contribution in [3.8, 4) is 0 Å². The number of ether oxygens (including phenoxy) is 1. The Morgan fingerprint density at radius 1 is 1.33 bits per heavy atom. The van der Waals surface area contributed by atoms with Crippen LogP contribution in [0.2, 0.25) is 0 Å². The van der Waals surface area contributed by atoms with Crippen molar-refractivity contribution in [2.75, 3.05) is 31.7 Å². The summed E-state index contributed by atoms with van der Waals surface area (Å²) in [7, 11) is 2.07. The normalized spacial score (nSPS) is 15.2. The molecule has 0 saturated heterocycles. The number of nitrogens with one attached hydrogen (secondary N) is 1. The zero-order chi connectivity index (χ0) is 15.3. The molecule has 0 spiro atoms. The summed E-state index contributed by atoms with van der Waals surface area (Å²) >= 11 is 0. The number of likely N-dealkylation sites (N-methyl/N-ethyl adjacent to an activating group) is 1. The smallest absolute Gasteiger partial charge is 0.128 e. The van der Waals surface area contributed by atoms with Gasteiger partial charge in [-0.05, 0) is 51.7 Å². The predicted molar refractivity (Wildman–Crippen MR) is 87.6 cm³/mol. The number of aromatic nitrogens is 1. The van der Waals surface area contributed by atoms with Gasteiger partial charge in [0.2, 0.25) is 0 Å². The number of anilines is 1. The van der Waals surface area contributed by atoms with E-state index in [1.54, 1.807) is 0 Å². The molecule has 21 heavy (non-hydrogen) atoms. The van der Waals surface area contributed by atoms with Crippen molar-refractivity contribution in [2.45, 2.75) is 45.7 Å². The Kier molecular flexibility index (Phi) is 5.59. The van der Waals surface area contributed by atoms with Gasteiger partial charge in [0, 0.05) is 32.3 Å². The topological polar surface area (TPSA) is 37.4 Å². The van der Waals surface area contributed by atoms with Gasteiger partial charge < -0.3 is 15.0 Å². The van der Waals surface area contributed by atoms with E-state index in [9.17, 15) is 0 Å². The fraction of sp³-hybridized carbons (Fsp3) is 0.706. The lowest BCUT2D eigenvalue weighted by Gasteiger charge is -2.22. The number of nitrogens with zero attached hydrogens (tertiary/aromatic N) is 2. The SMILES string of the molecule is CN(CCOCC1CC1)c1cccc(CNC(C)(C)C)n1. The molecule has 1 saturated carbocycles. The molecule has 1 heterocycles. The van der Waals surface area contributed by atoms with E-state index in [-0.39, 0.29) is 5.54 Å². The standard InChI is InChI=1S/C17H29N3O/c1-17(2,3)18-12-15-6-5-7-16(19-15)20(4)10-11-21-13-14-8-9-14/h5-7,14,18H,8-13H2,1-4H3. The molecular formula is C17H29N3O. The van der Waals surface area contributed by atoms with Gasteiger partial charge in [0.25, 0.3) is 0 Å². The molecule has 0 bridgehead atoms. The fourth-order valence-corrected chi connectivity index (χ4v) is 1.98. The van der Waals surface area contributed by atoms with E-state index in [0.717, 1.165) is 43.7 Å². The molecule has 1 aromatic rings.